The zero-order chi connectivity index (χ0) is 36.0. The fraction of sp³-hybridized carbons (Fsp3) is 0.975. The first kappa shape index (κ1) is 46.2. The van der Waals surface area contributed by atoms with E-state index in [0.717, 1.165) is 38.5 Å². The molecule has 1 rings (SSSR count). The van der Waals surface area contributed by atoms with Gasteiger partial charge in [0.25, 0.3) is 0 Å². The van der Waals surface area contributed by atoms with Crippen molar-refractivity contribution in [3.63, 3.8) is 0 Å². The van der Waals surface area contributed by atoms with E-state index < -0.39 is 49.5 Å². The molecule has 0 bridgehead atoms. The molecule has 0 spiro atoms. The monoisotopic (exact) mass is 702 g/mol. The lowest BCUT2D eigenvalue weighted by atomic mass is 9.99. The Balaban J connectivity index is 2.38. The van der Waals surface area contributed by atoms with E-state index in [4.69, 9.17) is 9.47 Å². The number of carbonyl (C=O) groups excluding carboxylic acids is 1. The zero-order valence-electron chi connectivity index (χ0n) is 31.7. The number of hydrogen-bond donors (Lipinski definition) is 6. The summed E-state index contributed by atoms with van der Waals surface area (Å²) in [6.45, 7) is 3.82. The van der Waals surface area contributed by atoms with E-state index in [-0.39, 0.29) is 12.5 Å². The number of aliphatic hydroxyl groups excluding tert-OH is 5. The van der Waals surface area contributed by atoms with Gasteiger partial charge in [-0.05, 0) is 12.8 Å². The van der Waals surface area contributed by atoms with Crippen molar-refractivity contribution < 1.29 is 39.8 Å². The molecule has 0 saturated carbocycles. The van der Waals surface area contributed by atoms with Crippen LogP contribution in [0.5, 0.6) is 0 Å². The molecular formula is C40H79NO8. The molecule has 2 unspecified atom stereocenters. The molecule has 9 heteroatoms. The van der Waals surface area contributed by atoms with Crippen LogP contribution in [0.4, 0.5) is 0 Å². The molecule has 9 nitrogen and oxygen atoms in total. The number of rotatable bonds is 34. The summed E-state index contributed by atoms with van der Waals surface area (Å²) in [6.07, 6.45) is 25.3. The molecule has 1 saturated heterocycles. The van der Waals surface area contributed by atoms with Crippen LogP contribution in [0.1, 0.15) is 194 Å². The van der Waals surface area contributed by atoms with Gasteiger partial charge in [-0.2, -0.15) is 0 Å². The first-order valence-electron chi connectivity index (χ1n) is 20.7. The number of unbranched alkanes of at least 4 members (excludes halogenated alkanes) is 24. The molecule has 1 aliphatic rings. The third-order valence-electron chi connectivity index (χ3n) is 10.2. The lowest BCUT2D eigenvalue weighted by Gasteiger charge is -2.40. The van der Waals surface area contributed by atoms with Crippen LogP contribution in [-0.4, -0.2) is 87.5 Å². The first-order valence-corrected chi connectivity index (χ1v) is 20.7. The van der Waals surface area contributed by atoms with Crippen LogP contribution in [0.15, 0.2) is 0 Å². The molecule has 6 N–H and O–H groups in total. The summed E-state index contributed by atoms with van der Waals surface area (Å²) in [7, 11) is 0. The van der Waals surface area contributed by atoms with Crippen LogP contribution in [0.3, 0.4) is 0 Å². The van der Waals surface area contributed by atoms with Crippen molar-refractivity contribution in [1.29, 1.82) is 0 Å². The Morgan fingerprint density at radius 1 is 0.612 bits per heavy atom. The van der Waals surface area contributed by atoms with Crippen molar-refractivity contribution in [1.82, 2.24) is 5.32 Å². The summed E-state index contributed by atoms with van der Waals surface area (Å²) in [4.78, 5) is 12.9. The number of carbonyl (C=O) groups is 1. The SMILES string of the molecule is CCCCCCCCCCCCCCCC(=O)N[C@@H](CO[C@@H]1OC(CO)[C@H](O)[C@H](O)C1O)[C@H](O)CCCCCCCCCCCCCCC. The standard InChI is InChI=1S/C40H79NO8/c1-3-5-7-9-11-13-15-17-19-21-23-25-27-29-34(43)33(32-48-40-39(47)38(46)37(45)35(31-42)49-40)41-36(44)30-28-26-24-22-20-18-16-14-12-10-8-6-4-2/h33-35,37-40,42-43,45-47H,3-32H2,1-2H3,(H,41,44)/t33-,34+,35?,37-,38-,39?,40+/m0/s1. The van der Waals surface area contributed by atoms with Gasteiger partial charge in [0.15, 0.2) is 6.29 Å². The van der Waals surface area contributed by atoms with Crippen LogP contribution in [0.25, 0.3) is 0 Å². The molecule has 1 aliphatic heterocycles. The van der Waals surface area contributed by atoms with E-state index in [1.807, 2.05) is 0 Å². The van der Waals surface area contributed by atoms with Crippen molar-refractivity contribution in [3.05, 3.63) is 0 Å². The van der Waals surface area contributed by atoms with E-state index in [1.54, 1.807) is 0 Å². The third kappa shape index (κ3) is 23.4. The second-order valence-corrected chi connectivity index (χ2v) is 14.8. The second kappa shape index (κ2) is 31.9. The van der Waals surface area contributed by atoms with E-state index in [2.05, 4.69) is 19.2 Å². The van der Waals surface area contributed by atoms with Crippen molar-refractivity contribution >= 4 is 5.91 Å². The van der Waals surface area contributed by atoms with Gasteiger partial charge in [0.2, 0.25) is 5.91 Å². The van der Waals surface area contributed by atoms with Gasteiger partial charge in [0.1, 0.15) is 24.4 Å². The van der Waals surface area contributed by atoms with Crippen LogP contribution in [-0.2, 0) is 14.3 Å². The Morgan fingerprint density at radius 3 is 1.45 bits per heavy atom. The van der Waals surface area contributed by atoms with Gasteiger partial charge >= 0.3 is 0 Å². The summed E-state index contributed by atoms with van der Waals surface area (Å²) in [5.41, 5.74) is 0. The Kier molecular flexibility index (Phi) is 30.1. The highest BCUT2D eigenvalue weighted by Crippen LogP contribution is 2.23. The molecule has 0 aliphatic carbocycles. The maximum Gasteiger partial charge on any atom is 0.220 e. The van der Waals surface area contributed by atoms with Gasteiger partial charge in [-0.25, -0.2) is 0 Å². The second-order valence-electron chi connectivity index (χ2n) is 14.8. The van der Waals surface area contributed by atoms with E-state index in [0.29, 0.717) is 12.8 Å². The zero-order valence-corrected chi connectivity index (χ0v) is 31.7. The molecule has 1 fully saturated rings. The molecule has 0 aromatic heterocycles. The minimum absolute atomic E-state index is 0.132. The van der Waals surface area contributed by atoms with Gasteiger partial charge in [-0.1, -0.05) is 174 Å². The van der Waals surface area contributed by atoms with Gasteiger partial charge in [0, 0.05) is 6.42 Å². The van der Waals surface area contributed by atoms with E-state index in [1.165, 1.54) is 128 Å². The van der Waals surface area contributed by atoms with Crippen molar-refractivity contribution in [2.45, 2.75) is 236 Å². The molecule has 1 amide bonds. The summed E-state index contributed by atoms with van der Waals surface area (Å²) < 4.78 is 11.2. The maximum atomic E-state index is 12.9. The van der Waals surface area contributed by atoms with Crippen LogP contribution < -0.4 is 5.32 Å². The molecule has 7 atom stereocenters. The molecule has 0 radical (unpaired) electrons. The minimum Gasteiger partial charge on any atom is -0.394 e. The fourth-order valence-corrected chi connectivity index (χ4v) is 6.81. The first-order chi connectivity index (χ1) is 23.8. The number of hydrogen-bond acceptors (Lipinski definition) is 8. The molecule has 0 aromatic rings. The predicted octanol–water partition coefficient (Wildman–Crippen LogP) is 7.61. The summed E-state index contributed by atoms with van der Waals surface area (Å²) in [6, 6.07) is -0.709. The van der Waals surface area contributed by atoms with Crippen LogP contribution in [0, 0.1) is 0 Å². The van der Waals surface area contributed by atoms with Gasteiger partial charge in [0.05, 0.1) is 25.4 Å². The lowest BCUT2D eigenvalue weighted by Crippen LogP contribution is -2.60. The summed E-state index contributed by atoms with van der Waals surface area (Å²) in [5, 5.41) is 54.1. The molecule has 0 aromatic carbocycles. The molecule has 1 heterocycles. The highest BCUT2D eigenvalue weighted by molar-refractivity contribution is 5.76. The maximum absolute atomic E-state index is 12.9. The molecular weight excluding hydrogens is 622 g/mol. The van der Waals surface area contributed by atoms with Crippen molar-refractivity contribution in [2.75, 3.05) is 13.2 Å². The Labute approximate surface area is 300 Å². The normalized spacial score (nSPS) is 22.3. The van der Waals surface area contributed by atoms with Crippen molar-refractivity contribution in [2.24, 2.45) is 0 Å². The average molecular weight is 702 g/mol. The largest absolute Gasteiger partial charge is 0.394 e. The van der Waals surface area contributed by atoms with E-state index in [9.17, 15) is 30.3 Å². The quantitative estimate of drug-likeness (QED) is 0.0376. The number of amides is 1. The highest BCUT2D eigenvalue weighted by Gasteiger charge is 2.44. The van der Waals surface area contributed by atoms with Gasteiger partial charge in [-0.3, -0.25) is 4.79 Å². The van der Waals surface area contributed by atoms with E-state index >= 15 is 0 Å². The van der Waals surface area contributed by atoms with Crippen LogP contribution >= 0.6 is 0 Å². The predicted molar refractivity (Wildman–Crippen MR) is 198 cm³/mol. The minimum atomic E-state index is -1.55. The topological polar surface area (TPSA) is 149 Å². The fourth-order valence-electron chi connectivity index (χ4n) is 6.81. The summed E-state index contributed by atoms with van der Waals surface area (Å²) in [5.74, 6) is -0.144. The summed E-state index contributed by atoms with van der Waals surface area (Å²) >= 11 is 0. The number of ether oxygens (including phenoxy) is 2. The van der Waals surface area contributed by atoms with Gasteiger partial charge in [-0.15, -0.1) is 0 Å². The van der Waals surface area contributed by atoms with Gasteiger partial charge < -0.3 is 40.3 Å². The Hall–Kier alpha value is -0.810. The highest BCUT2D eigenvalue weighted by atomic mass is 16.7. The number of aliphatic hydroxyl groups is 5. The van der Waals surface area contributed by atoms with Crippen LogP contribution in [0.2, 0.25) is 0 Å². The Morgan fingerprint density at radius 2 is 1.02 bits per heavy atom. The third-order valence-corrected chi connectivity index (χ3v) is 10.2. The Bertz CT molecular complexity index is 741. The van der Waals surface area contributed by atoms with Crippen molar-refractivity contribution in [3.8, 4) is 0 Å². The average Bonchev–Trinajstić information content (AvgIpc) is 3.10. The lowest BCUT2D eigenvalue weighted by molar-refractivity contribution is -0.302. The molecule has 292 valence electrons. The molecule has 49 heavy (non-hydrogen) atoms. The number of nitrogens with one attached hydrogen (secondary N) is 1. The smallest absolute Gasteiger partial charge is 0.220 e.